The van der Waals surface area contributed by atoms with Gasteiger partial charge in [-0.3, -0.25) is 4.79 Å². The van der Waals surface area contributed by atoms with Gasteiger partial charge in [0.15, 0.2) is 0 Å². The molecule has 1 aromatic rings. The maximum absolute atomic E-state index is 13.5. The Morgan fingerprint density at radius 2 is 2.00 bits per heavy atom. The largest absolute Gasteiger partial charge is 0.496 e. The van der Waals surface area contributed by atoms with E-state index in [0.29, 0.717) is 24.0 Å². The van der Waals surface area contributed by atoms with Crippen LogP contribution in [0.5, 0.6) is 5.75 Å². The number of hydrogen-bond acceptors (Lipinski definition) is 5. The maximum atomic E-state index is 13.5. The van der Waals surface area contributed by atoms with Crippen LogP contribution in [0, 0.1) is 34.0 Å². The first kappa shape index (κ1) is 21.3. The molecule has 4 bridgehead atoms. The lowest BCUT2D eigenvalue weighted by molar-refractivity contribution is -0.153. The summed E-state index contributed by atoms with van der Waals surface area (Å²) in [7, 11) is 3.57. The first-order chi connectivity index (χ1) is 15.4. The number of carbonyl (C=O) groups is 1. The minimum absolute atomic E-state index is 0.158. The van der Waals surface area contributed by atoms with Crippen LogP contribution in [-0.4, -0.2) is 42.8 Å². The summed E-state index contributed by atoms with van der Waals surface area (Å²) in [5.74, 6) is 1.86. The molecule has 5 fully saturated rings. The zero-order valence-corrected chi connectivity index (χ0v) is 19.4. The van der Waals surface area contributed by atoms with Crippen molar-refractivity contribution in [2.45, 2.75) is 76.3 Å². The fourth-order valence-corrected chi connectivity index (χ4v) is 6.94. The predicted octanol–water partition coefficient (Wildman–Crippen LogP) is 4.69. The standard InChI is InChI=1S/C26H34N4O2/c1-15(25(28)24-20(29-2)6-7-21(32-3)23(24)17-4-5-17)8-22(31)30-18-9-16-10-19(30)13-26(11-16,12-18)14-27/h6-7,15-19,28-29H,4-5,8-13H2,1-3H3. The number of ether oxygens (including phenoxy) is 1. The quantitative estimate of drug-likeness (QED) is 0.609. The van der Waals surface area contributed by atoms with Crippen LogP contribution in [0.4, 0.5) is 5.69 Å². The maximum Gasteiger partial charge on any atom is 0.223 e. The van der Waals surface area contributed by atoms with Crippen LogP contribution in [0.1, 0.15) is 75.3 Å². The van der Waals surface area contributed by atoms with Crippen LogP contribution in [-0.2, 0) is 4.79 Å². The van der Waals surface area contributed by atoms with Crippen molar-refractivity contribution in [1.82, 2.24) is 4.90 Å². The van der Waals surface area contributed by atoms with Crippen molar-refractivity contribution in [2.24, 2.45) is 17.3 Å². The van der Waals surface area contributed by atoms with Crippen molar-refractivity contribution in [2.75, 3.05) is 19.5 Å². The molecule has 0 aromatic heterocycles. The van der Waals surface area contributed by atoms with E-state index in [-0.39, 0.29) is 29.3 Å². The molecular formula is C26H34N4O2. The molecular weight excluding hydrogens is 400 g/mol. The Hall–Kier alpha value is -2.55. The molecule has 2 heterocycles. The zero-order chi connectivity index (χ0) is 22.6. The van der Waals surface area contributed by atoms with E-state index in [9.17, 15) is 10.1 Å². The third kappa shape index (κ3) is 3.37. The number of benzene rings is 1. The Labute approximate surface area is 190 Å². The van der Waals surface area contributed by atoms with Crippen molar-refractivity contribution in [3.8, 4) is 11.8 Å². The predicted molar refractivity (Wildman–Crippen MR) is 124 cm³/mol. The van der Waals surface area contributed by atoms with Gasteiger partial charge < -0.3 is 20.4 Å². The van der Waals surface area contributed by atoms with Crippen LogP contribution in [0.2, 0.25) is 0 Å². The molecule has 3 unspecified atom stereocenters. The highest BCUT2D eigenvalue weighted by atomic mass is 16.5. The second-order valence-electron chi connectivity index (χ2n) is 10.6. The summed E-state index contributed by atoms with van der Waals surface area (Å²) in [5.41, 5.74) is 3.28. The van der Waals surface area contributed by atoms with E-state index in [1.807, 2.05) is 26.1 Å². The van der Waals surface area contributed by atoms with Gasteiger partial charge in [0.05, 0.1) is 18.6 Å². The molecule has 5 aliphatic rings. The molecule has 3 aliphatic carbocycles. The van der Waals surface area contributed by atoms with E-state index < -0.39 is 0 Å². The Kier molecular flexibility index (Phi) is 5.19. The van der Waals surface area contributed by atoms with Crippen molar-refractivity contribution >= 4 is 17.3 Å². The first-order valence-electron chi connectivity index (χ1n) is 12.1. The number of anilines is 1. The van der Waals surface area contributed by atoms with Gasteiger partial charge in [-0.25, -0.2) is 0 Å². The van der Waals surface area contributed by atoms with E-state index in [4.69, 9.17) is 10.1 Å². The molecule has 6 rings (SSSR count). The summed E-state index contributed by atoms with van der Waals surface area (Å²) in [6, 6.07) is 6.99. The van der Waals surface area contributed by atoms with Crippen LogP contribution in [0.25, 0.3) is 0 Å². The number of piperidine rings is 2. The van der Waals surface area contributed by atoms with Gasteiger partial charge in [-0.15, -0.1) is 0 Å². The summed E-state index contributed by atoms with van der Waals surface area (Å²) in [6.07, 6.45) is 7.37. The van der Waals surface area contributed by atoms with Crippen LogP contribution >= 0.6 is 0 Å². The number of nitriles is 1. The molecule has 0 radical (unpaired) electrons. The highest BCUT2D eigenvalue weighted by molar-refractivity contribution is 6.07. The molecule has 3 saturated carbocycles. The lowest BCUT2D eigenvalue weighted by atomic mass is 9.56. The number of nitrogens with zero attached hydrogens (tertiary/aromatic N) is 2. The normalized spacial score (nSPS) is 31.2. The van der Waals surface area contributed by atoms with Crippen molar-refractivity contribution in [3.05, 3.63) is 23.3 Å². The molecule has 3 atom stereocenters. The average molecular weight is 435 g/mol. The number of carbonyl (C=O) groups excluding carboxylic acids is 1. The van der Waals surface area contributed by atoms with Crippen LogP contribution in [0.3, 0.4) is 0 Å². The van der Waals surface area contributed by atoms with Crippen molar-refractivity contribution in [1.29, 1.82) is 10.7 Å². The highest BCUT2D eigenvalue weighted by Crippen LogP contribution is 2.56. The lowest BCUT2D eigenvalue weighted by Crippen LogP contribution is -2.63. The lowest BCUT2D eigenvalue weighted by Gasteiger charge is -2.59. The number of hydrogen-bond donors (Lipinski definition) is 2. The van der Waals surface area contributed by atoms with Crippen LogP contribution < -0.4 is 10.1 Å². The minimum Gasteiger partial charge on any atom is -0.496 e. The Morgan fingerprint density at radius 1 is 1.31 bits per heavy atom. The van der Waals surface area contributed by atoms with Crippen molar-refractivity contribution in [3.63, 3.8) is 0 Å². The van der Waals surface area contributed by atoms with Crippen LogP contribution in [0.15, 0.2) is 12.1 Å². The first-order valence-corrected chi connectivity index (χ1v) is 12.1. The topological polar surface area (TPSA) is 89.2 Å². The monoisotopic (exact) mass is 434 g/mol. The fourth-order valence-electron chi connectivity index (χ4n) is 6.94. The Bertz CT molecular complexity index is 976. The number of methoxy groups -OCH3 is 1. The second-order valence-corrected chi connectivity index (χ2v) is 10.6. The van der Waals surface area contributed by atoms with Gasteiger partial charge in [-0.05, 0) is 68.9 Å². The molecule has 0 spiro atoms. The number of rotatable bonds is 7. The SMILES string of the molecule is CNc1ccc(OC)c(C2CC2)c1C(=N)C(C)CC(=O)N1C2CC3CC1CC(C#N)(C3)C2. The number of amides is 1. The van der Waals surface area contributed by atoms with Crippen molar-refractivity contribution < 1.29 is 9.53 Å². The summed E-state index contributed by atoms with van der Waals surface area (Å²) in [5, 5.41) is 22.1. The Balaban J connectivity index is 1.36. The minimum atomic E-state index is -0.201. The highest BCUT2D eigenvalue weighted by Gasteiger charge is 2.56. The van der Waals surface area contributed by atoms with Gasteiger partial charge in [0, 0.05) is 54.0 Å². The Morgan fingerprint density at radius 3 is 2.56 bits per heavy atom. The summed E-state index contributed by atoms with van der Waals surface area (Å²) in [6.45, 7) is 2.00. The zero-order valence-electron chi connectivity index (χ0n) is 19.4. The van der Waals surface area contributed by atoms with E-state index in [2.05, 4.69) is 16.3 Å². The van der Waals surface area contributed by atoms with E-state index >= 15 is 0 Å². The van der Waals surface area contributed by atoms with Gasteiger partial charge in [-0.2, -0.15) is 5.26 Å². The molecule has 32 heavy (non-hydrogen) atoms. The van der Waals surface area contributed by atoms with Gasteiger partial charge in [-0.1, -0.05) is 6.92 Å². The molecule has 2 saturated heterocycles. The third-order valence-electron chi connectivity index (χ3n) is 8.38. The smallest absolute Gasteiger partial charge is 0.223 e. The van der Waals surface area contributed by atoms with Gasteiger partial charge >= 0.3 is 0 Å². The summed E-state index contributed by atoms with van der Waals surface area (Å²) < 4.78 is 5.65. The molecule has 2 N–H and O–H groups in total. The second kappa shape index (κ2) is 7.79. The van der Waals surface area contributed by atoms with Gasteiger partial charge in [0.1, 0.15) is 5.75 Å². The molecule has 170 valence electrons. The van der Waals surface area contributed by atoms with Gasteiger partial charge in [0.2, 0.25) is 5.91 Å². The molecule has 2 aliphatic heterocycles. The molecule has 1 amide bonds. The molecule has 6 nitrogen and oxygen atoms in total. The van der Waals surface area contributed by atoms with E-state index in [1.54, 1.807) is 7.11 Å². The van der Waals surface area contributed by atoms with E-state index in [0.717, 1.165) is 67.5 Å². The van der Waals surface area contributed by atoms with E-state index in [1.165, 1.54) is 0 Å². The average Bonchev–Trinajstić information content (AvgIpc) is 3.62. The number of nitrogens with one attached hydrogen (secondary N) is 2. The molecule has 6 heteroatoms. The summed E-state index contributed by atoms with van der Waals surface area (Å²) in [4.78, 5) is 15.6. The third-order valence-corrected chi connectivity index (χ3v) is 8.38. The van der Waals surface area contributed by atoms with Gasteiger partial charge in [0.25, 0.3) is 0 Å². The molecule has 1 aromatic carbocycles. The summed E-state index contributed by atoms with van der Waals surface area (Å²) >= 11 is 0. The fraction of sp³-hybridized carbons (Fsp3) is 0.654.